The number of aromatic nitrogens is 1. The zero-order valence-electron chi connectivity index (χ0n) is 19.7. The molecular formula is C26H27F3N4O3. The molecule has 1 heterocycles. The van der Waals surface area contributed by atoms with E-state index in [-0.39, 0.29) is 17.4 Å². The number of carbonyl (C=O) groups excluding carboxylic acids is 1. The van der Waals surface area contributed by atoms with Crippen LogP contribution in [0.15, 0.2) is 60.8 Å². The lowest BCUT2D eigenvalue weighted by Crippen LogP contribution is -2.34. The van der Waals surface area contributed by atoms with Gasteiger partial charge < -0.3 is 25.2 Å². The zero-order chi connectivity index (χ0) is 25.9. The van der Waals surface area contributed by atoms with Crippen LogP contribution < -0.4 is 15.5 Å². The predicted molar refractivity (Wildman–Crippen MR) is 132 cm³/mol. The Kier molecular flexibility index (Phi) is 7.23. The maximum atomic E-state index is 13.1. The monoisotopic (exact) mass is 500 g/mol. The quantitative estimate of drug-likeness (QED) is 0.356. The van der Waals surface area contributed by atoms with E-state index in [0.29, 0.717) is 11.4 Å². The number of urea groups is 1. The van der Waals surface area contributed by atoms with Crippen LogP contribution in [-0.4, -0.2) is 34.8 Å². The van der Waals surface area contributed by atoms with Gasteiger partial charge in [0.25, 0.3) is 0 Å². The van der Waals surface area contributed by atoms with E-state index in [2.05, 4.69) is 15.5 Å². The van der Waals surface area contributed by atoms with Crippen LogP contribution in [0.1, 0.15) is 48.2 Å². The van der Waals surface area contributed by atoms with Gasteiger partial charge in [0, 0.05) is 30.7 Å². The summed E-state index contributed by atoms with van der Waals surface area (Å²) in [6.45, 7) is 0. The Morgan fingerprint density at radius 3 is 2.44 bits per heavy atom. The normalized spacial score (nSPS) is 14.3. The summed E-state index contributed by atoms with van der Waals surface area (Å²) in [4.78, 5) is 26.6. The number of hydrogen-bond acceptors (Lipinski definition) is 3. The van der Waals surface area contributed by atoms with Crippen LogP contribution in [0.3, 0.4) is 0 Å². The largest absolute Gasteiger partial charge is 0.477 e. The van der Waals surface area contributed by atoms with Gasteiger partial charge in [-0.3, -0.25) is 0 Å². The molecule has 1 fully saturated rings. The van der Waals surface area contributed by atoms with E-state index in [4.69, 9.17) is 0 Å². The molecule has 1 aliphatic rings. The standard InChI is InChI=1S/C26H27F3N4O3/c1-32(19-9-3-2-4-10-19)22-13-12-20(33-14-6-11-23(33)24(34)35)16-21(22)31-25(36)30-18-8-5-7-17(15-18)26(27,28)29/h5-8,11-16,19H,2-4,9-10H2,1H3,(H,34,35)(H2,30,31,36). The number of benzene rings is 2. The molecule has 190 valence electrons. The lowest BCUT2D eigenvalue weighted by Gasteiger charge is -2.34. The average Bonchev–Trinajstić information content (AvgIpc) is 3.34. The van der Waals surface area contributed by atoms with E-state index in [9.17, 15) is 27.9 Å². The van der Waals surface area contributed by atoms with Crippen molar-refractivity contribution in [2.45, 2.75) is 44.3 Å². The number of carboxylic acids is 1. The number of anilines is 3. The molecule has 3 aromatic rings. The van der Waals surface area contributed by atoms with Gasteiger partial charge in [0.15, 0.2) is 0 Å². The van der Waals surface area contributed by atoms with Crippen LogP contribution in [0.4, 0.5) is 35.0 Å². The summed E-state index contributed by atoms with van der Waals surface area (Å²) < 4.78 is 40.7. The second-order valence-corrected chi connectivity index (χ2v) is 8.83. The molecule has 0 radical (unpaired) electrons. The lowest BCUT2D eigenvalue weighted by atomic mass is 9.94. The Labute approximate surface area is 206 Å². The van der Waals surface area contributed by atoms with Crippen molar-refractivity contribution >= 4 is 29.1 Å². The number of nitrogens with zero attached hydrogens (tertiary/aromatic N) is 2. The van der Waals surface area contributed by atoms with Crippen molar-refractivity contribution in [1.82, 2.24) is 4.57 Å². The number of aromatic carboxylic acids is 1. The third kappa shape index (κ3) is 5.64. The van der Waals surface area contributed by atoms with E-state index in [1.165, 1.54) is 29.2 Å². The Morgan fingerprint density at radius 2 is 1.75 bits per heavy atom. The van der Waals surface area contributed by atoms with E-state index in [1.54, 1.807) is 24.4 Å². The first-order chi connectivity index (χ1) is 17.1. The molecule has 0 atom stereocenters. The van der Waals surface area contributed by atoms with Crippen molar-refractivity contribution in [2.75, 3.05) is 22.6 Å². The average molecular weight is 501 g/mol. The van der Waals surface area contributed by atoms with Gasteiger partial charge in [-0.1, -0.05) is 25.3 Å². The molecule has 1 saturated carbocycles. The number of amides is 2. The van der Waals surface area contributed by atoms with Crippen molar-refractivity contribution in [3.8, 4) is 5.69 Å². The zero-order valence-corrected chi connectivity index (χ0v) is 19.7. The van der Waals surface area contributed by atoms with Gasteiger partial charge in [0.05, 0.1) is 16.9 Å². The highest BCUT2D eigenvalue weighted by Gasteiger charge is 2.30. The highest BCUT2D eigenvalue weighted by molar-refractivity contribution is 6.02. The van der Waals surface area contributed by atoms with Crippen molar-refractivity contribution in [2.24, 2.45) is 0 Å². The number of hydrogen-bond donors (Lipinski definition) is 3. The van der Waals surface area contributed by atoms with E-state index < -0.39 is 23.7 Å². The van der Waals surface area contributed by atoms with Crippen molar-refractivity contribution < 1.29 is 27.9 Å². The van der Waals surface area contributed by atoms with E-state index in [1.807, 2.05) is 13.1 Å². The molecule has 7 nitrogen and oxygen atoms in total. The summed E-state index contributed by atoms with van der Waals surface area (Å²) in [7, 11) is 1.94. The molecule has 4 rings (SSSR count). The minimum atomic E-state index is -4.53. The minimum Gasteiger partial charge on any atom is -0.477 e. The first-order valence-electron chi connectivity index (χ1n) is 11.7. The lowest BCUT2D eigenvalue weighted by molar-refractivity contribution is -0.137. The van der Waals surface area contributed by atoms with Gasteiger partial charge >= 0.3 is 18.2 Å². The fraction of sp³-hybridized carbons (Fsp3) is 0.308. The first-order valence-corrected chi connectivity index (χ1v) is 11.7. The topological polar surface area (TPSA) is 86.6 Å². The molecule has 3 N–H and O–H groups in total. The Hall–Kier alpha value is -3.95. The second-order valence-electron chi connectivity index (χ2n) is 8.83. The van der Waals surface area contributed by atoms with Crippen LogP contribution in [0.25, 0.3) is 5.69 Å². The van der Waals surface area contributed by atoms with Crippen LogP contribution in [0.2, 0.25) is 0 Å². The predicted octanol–water partition coefficient (Wildman–Crippen LogP) is 6.61. The highest BCUT2D eigenvalue weighted by atomic mass is 19.4. The molecule has 2 amide bonds. The van der Waals surface area contributed by atoms with Gasteiger partial charge in [-0.25, -0.2) is 9.59 Å². The molecule has 10 heteroatoms. The summed E-state index contributed by atoms with van der Waals surface area (Å²) in [6, 6.07) is 12.3. The maximum absolute atomic E-state index is 13.1. The molecule has 0 spiro atoms. The number of rotatable bonds is 6. The Bertz CT molecular complexity index is 1250. The summed E-state index contributed by atoms with van der Waals surface area (Å²) in [5, 5.41) is 14.7. The van der Waals surface area contributed by atoms with Gasteiger partial charge in [0.1, 0.15) is 5.69 Å². The summed E-state index contributed by atoms with van der Waals surface area (Å²) >= 11 is 0. The molecule has 1 aromatic heterocycles. The summed E-state index contributed by atoms with van der Waals surface area (Å²) in [5.41, 5.74) is 0.854. The van der Waals surface area contributed by atoms with Crippen LogP contribution in [-0.2, 0) is 6.18 Å². The van der Waals surface area contributed by atoms with Crippen molar-refractivity contribution in [1.29, 1.82) is 0 Å². The van der Waals surface area contributed by atoms with Gasteiger partial charge in [-0.05, 0) is 61.4 Å². The molecule has 0 aliphatic heterocycles. The molecule has 0 saturated heterocycles. The van der Waals surface area contributed by atoms with Crippen LogP contribution in [0, 0.1) is 0 Å². The van der Waals surface area contributed by atoms with Crippen LogP contribution >= 0.6 is 0 Å². The smallest absolute Gasteiger partial charge is 0.416 e. The number of carbonyl (C=O) groups is 2. The molecule has 1 aliphatic carbocycles. The fourth-order valence-corrected chi connectivity index (χ4v) is 4.58. The van der Waals surface area contributed by atoms with Gasteiger partial charge in [-0.15, -0.1) is 0 Å². The fourth-order valence-electron chi connectivity index (χ4n) is 4.58. The summed E-state index contributed by atoms with van der Waals surface area (Å²) in [5.74, 6) is -1.10. The number of alkyl halides is 3. The number of halogens is 3. The Morgan fingerprint density at radius 1 is 1.00 bits per heavy atom. The molecule has 36 heavy (non-hydrogen) atoms. The number of carboxylic acid groups (broad SMARTS) is 1. The molecular weight excluding hydrogens is 473 g/mol. The second kappa shape index (κ2) is 10.3. The third-order valence-electron chi connectivity index (χ3n) is 6.42. The van der Waals surface area contributed by atoms with E-state index >= 15 is 0 Å². The SMILES string of the molecule is CN(c1ccc(-n2cccc2C(=O)O)cc1NC(=O)Nc1cccc(C(F)(F)F)c1)C1CCCCC1. The van der Waals surface area contributed by atoms with Crippen molar-refractivity contribution in [3.05, 3.63) is 72.1 Å². The van der Waals surface area contributed by atoms with E-state index in [0.717, 1.165) is 43.5 Å². The van der Waals surface area contributed by atoms with Gasteiger partial charge in [0.2, 0.25) is 0 Å². The van der Waals surface area contributed by atoms with Crippen molar-refractivity contribution in [3.63, 3.8) is 0 Å². The third-order valence-corrected chi connectivity index (χ3v) is 6.42. The minimum absolute atomic E-state index is 0.000706. The highest BCUT2D eigenvalue weighted by Crippen LogP contribution is 2.34. The van der Waals surface area contributed by atoms with Gasteiger partial charge in [-0.2, -0.15) is 13.2 Å². The van der Waals surface area contributed by atoms with Crippen LogP contribution in [0.5, 0.6) is 0 Å². The molecule has 0 bridgehead atoms. The summed E-state index contributed by atoms with van der Waals surface area (Å²) in [6.07, 6.45) is 2.49. The maximum Gasteiger partial charge on any atom is 0.416 e. The molecule has 0 unspecified atom stereocenters. The first kappa shape index (κ1) is 25.2. The Balaban J connectivity index is 1.64. The molecule has 2 aromatic carbocycles. The number of nitrogens with one attached hydrogen (secondary N) is 2.